The van der Waals surface area contributed by atoms with Crippen LogP contribution >= 0.6 is 0 Å². The molecule has 0 amide bonds. The summed E-state index contributed by atoms with van der Waals surface area (Å²) >= 11 is 0. The van der Waals surface area contributed by atoms with Crippen molar-refractivity contribution >= 4 is 5.78 Å². The highest BCUT2D eigenvalue weighted by Gasteiger charge is 2.30. The van der Waals surface area contributed by atoms with Crippen molar-refractivity contribution in [2.75, 3.05) is 6.54 Å². The fraction of sp³-hybridized carbons (Fsp3) is 0.632. The van der Waals surface area contributed by atoms with Gasteiger partial charge in [0.1, 0.15) is 0 Å². The van der Waals surface area contributed by atoms with Crippen molar-refractivity contribution in [3.63, 3.8) is 0 Å². The van der Waals surface area contributed by atoms with Gasteiger partial charge in [0.05, 0.1) is 6.04 Å². The van der Waals surface area contributed by atoms with Gasteiger partial charge >= 0.3 is 0 Å². The third kappa shape index (κ3) is 4.16. The van der Waals surface area contributed by atoms with E-state index in [0.29, 0.717) is 12.0 Å². The van der Waals surface area contributed by atoms with Gasteiger partial charge in [-0.05, 0) is 32.6 Å². The number of carbonyl (C=O) groups is 1. The second kappa shape index (κ2) is 7.22. The molecule has 1 aliphatic rings. The minimum Gasteiger partial charge on any atom is -0.292 e. The van der Waals surface area contributed by atoms with Crippen molar-refractivity contribution in [1.29, 1.82) is 0 Å². The highest BCUT2D eigenvalue weighted by molar-refractivity contribution is 5.99. The van der Waals surface area contributed by atoms with Crippen LogP contribution < -0.4 is 0 Å². The molecule has 116 valence electrons. The zero-order chi connectivity index (χ0) is 15.4. The minimum atomic E-state index is -0.0155. The quantitative estimate of drug-likeness (QED) is 0.720. The van der Waals surface area contributed by atoms with E-state index < -0.39 is 0 Å². The number of hydrogen-bond acceptors (Lipinski definition) is 2. The number of hydrogen-bond donors (Lipinski definition) is 0. The van der Waals surface area contributed by atoms with Crippen molar-refractivity contribution in [1.82, 2.24) is 4.90 Å². The van der Waals surface area contributed by atoms with Crippen LogP contribution in [-0.2, 0) is 0 Å². The number of aryl methyl sites for hydroxylation is 1. The Balaban J connectivity index is 2.14. The SMILES string of the molecule is Cc1ccc(C(=O)C(C)N(CC(C)C)C2CCCC2)cc1. The maximum Gasteiger partial charge on any atom is 0.179 e. The van der Waals surface area contributed by atoms with Crippen LogP contribution in [0.1, 0.15) is 62.4 Å². The lowest BCUT2D eigenvalue weighted by molar-refractivity contribution is 0.0731. The molecule has 1 aromatic carbocycles. The second-order valence-electron chi connectivity index (χ2n) is 6.94. The summed E-state index contributed by atoms with van der Waals surface area (Å²) in [6.45, 7) is 9.64. The van der Waals surface area contributed by atoms with Crippen molar-refractivity contribution in [3.05, 3.63) is 35.4 Å². The number of rotatable bonds is 6. The molecule has 0 N–H and O–H groups in total. The number of carbonyl (C=O) groups excluding carboxylic acids is 1. The maximum atomic E-state index is 12.8. The molecule has 0 heterocycles. The van der Waals surface area contributed by atoms with E-state index in [1.807, 2.05) is 24.3 Å². The smallest absolute Gasteiger partial charge is 0.179 e. The minimum absolute atomic E-state index is 0.0155. The second-order valence-corrected chi connectivity index (χ2v) is 6.94. The van der Waals surface area contributed by atoms with Crippen molar-refractivity contribution in [3.8, 4) is 0 Å². The average Bonchev–Trinajstić information content (AvgIpc) is 2.98. The third-order valence-corrected chi connectivity index (χ3v) is 4.58. The molecule has 1 saturated carbocycles. The van der Waals surface area contributed by atoms with Gasteiger partial charge in [0, 0.05) is 18.2 Å². The molecule has 0 saturated heterocycles. The van der Waals surface area contributed by atoms with Crippen LogP contribution in [0.25, 0.3) is 0 Å². The van der Waals surface area contributed by atoms with Gasteiger partial charge in [-0.15, -0.1) is 0 Å². The lowest BCUT2D eigenvalue weighted by atomic mass is 9.99. The topological polar surface area (TPSA) is 20.3 Å². The summed E-state index contributed by atoms with van der Waals surface area (Å²) < 4.78 is 0. The zero-order valence-corrected chi connectivity index (χ0v) is 13.9. The van der Waals surface area contributed by atoms with E-state index >= 15 is 0 Å². The van der Waals surface area contributed by atoms with Gasteiger partial charge in [-0.25, -0.2) is 0 Å². The molecule has 0 radical (unpaired) electrons. The molecule has 1 aromatic rings. The van der Waals surface area contributed by atoms with Crippen molar-refractivity contribution in [2.45, 2.75) is 65.5 Å². The van der Waals surface area contributed by atoms with Gasteiger partial charge < -0.3 is 0 Å². The van der Waals surface area contributed by atoms with Crippen LogP contribution in [0.5, 0.6) is 0 Å². The molecule has 0 spiro atoms. The third-order valence-electron chi connectivity index (χ3n) is 4.58. The largest absolute Gasteiger partial charge is 0.292 e. The summed E-state index contributed by atoms with van der Waals surface area (Å²) in [6.07, 6.45) is 5.12. The molecule has 2 rings (SSSR count). The molecular weight excluding hydrogens is 258 g/mol. The summed E-state index contributed by atoms with van der Waals surface area (Å²) in [7, 11) is 0. The fourth-order valence-electron chi connectivity index (χ4n) is 3.39. The van der Waals surface area contributed by atoms with Crippen LogP contribution in [0.2, 0.25) is 0 Å². The molecular formula is C19H29NO. The van der Waals surface area contributed by atoms with E-state index in [9.17, 15) is 4.79 Å². The summed E-state index contributed by atoms with van der Waals surface area (Å²) in [5, 5.41) is 0. The van der Waals surface area contributed by atoms with Gasteiger partial charge in [-0.1, -0.05) is 56.5 Å². The highest BCUT2D eigenvalue weighted by atomic mass is 16.1. The Labute approximate surface area is 129 Å². The van der Waals surface area contributed by atoms with E-state index in [-0.39, 0.29) is 11.8 Å². The Morgan fingerprint density at radius 2 is 1.71 bits per heavy atom. The number of nitrogens with zero attached hydrogens (tertiary/aromatic N) is 1. The van der Waals surface area contributed by atoms with Crippen LogP contribution in [0.3, 0.4) is 0 Å². The fourth-order valence-corrected chi connectivity index (χ4v) is 3.39. The first kappa shape index (κ1) is 16.2. The Morgan fingerprint density at radius 1 is 1.14 bits per heavy atom. The van der Waals surface area contributed by atoms with Crippen LogP contribution in [0, 0.1) is 12.8 Å². The summed E-state index contributed by atoms with van der Waals surface area (Å²) in [6, 6.07) is 8.58. The van der Waals surface area contributed by atoms with E-state index in [1.165, 1.54) is 31.2 Å². The Bertz CT molecular complexity index is 457. The first-order chi connectivity index (χ1) is 9.99. The predicted molar refractivity (Wildman–Crippen MR) is 88.8 cm³/mol. The monoisotopic (exact) mass is 287 g/mol. The van der Waals surface area contributed by atoms with Gasteiger partial charge in [0.2, 0.25) is 0 Å². The number of Topliss-reactive ketones (excluding diaryl/α,β-unsaturated/α-hetero) is 1. The van der Waals surface area contributed by atoms with E-state index in [1.54, 1.807) is 0 Å². The number of benzene rings is 1. The van der Waals surface area contributed by atoms with E-state index in [2.05, 4.69) is 32.6 Å². The normalized spacial score (nSPS) is 17.6. The van der Waals surface area contributed by atoms with Gasteiger partial charge in [-0.2, -0.15) is 0 Å². The molecule has 0 aromatic heterocycles. The molecule has 1 unspecified atom stereocenters. The summed E-state index contributed by atoms with van der Waals surface area (Å²) in [5.74, 6) is 0.862. The molecule has 1 aliphatic carbocycles. The Morgan fingerprint density at radius 3 is 2.24 bits per heavy atom. The molecule has 1 fully saturated rings. The first-order valence-electron chi connectivity index (χ1n) is 8.35. The standard InChI is InChI=1S/C19H29NO/c1-14(2)13-20(18-7-5-6-8-18)16(4)19(21)17-11-9-15(3)10-12-17/h9-12,14,16,18H,5-8,13H2,1-4H3. The zero-order valence-electron chi connectivity index (χ0n) is 13.9. The van der Waals surface area contributed by atoms with Crippen LogP contribution in [0.4, 0.5) is 0 Å². The molecule has 0 aliphatic heterocycles. The Hall–Kier alpha value is -1.15. The first-order valence-corrected chi connectivity index (χ1v) is 8.35. The van der Waals surface area contributed by atoms with Gasteiger partial charge in [0.25, 0.3) is 0 Å². The van der Waals surface area contributed by atoms with Crippen LogP contribution in [0.15, 0.2) is 24.3 Å². The molecule has 2 heteroatoms. The van der Waals surface area contributed by atoms with Crippen molar-refractivity contribution in [2.24, 2.45) is 5.92 Å². The van der Waals surface area contributed by atoms with Crippen molar-refractivity contribution < 1.29 is 4.79 Å². The molecule has 1 atom stereocenters. The van der Waals surface area contributed by atoms with E-state index in [4.69, 9.17) is 0 Å². The van der Waals surface area contributed by atoms with Gasteiger partial charge in [-0.3, -0.25) is 9.69 Å². The summed E-state index contributed by atoms with van der Waals surface area (Å²) in [5.41, 5.74) is 2.05. The Kier molecular flexibility index (Phi) is 5.58. The molecule has 0 bridgehead atoms. The molecule has 21 heavy (non-hydrogen) atoms. The number of ketones is 1. The lowest BCUT2D eigenvalue weighted by Crippen LogP contribution is -2.46. The molecule has 2 nitrogen and oxygen atoms in total. The van der Waals surface area contributed by atoms with Crippen LogP contribution in [-0.4, -0.2) is 29.3 Å². The maximum absolute atomic E-state index is 12.8. The lowest BCUT2D eigenvalue weighted by Gasteiger charge is -2.35. The van der Waals surface area contributed by atoms with E-state index in [0.717, 1.165) is 12.1 Å². The summed E-state index contributed by atoms with van der Waals surface area (Å²) in [4.78, 5) is 15.3. The highest BCUT2D eigenvalue weighted by Crippen LogP contribution is 2.27. The average molecular weight is 287 g/mol. The van der Waals surface area contributed by atoms with Gasteiger partial charge in [0.15, 0.2) is 5.78 Å². The predicted octanol–water partition coefficient (Wildman–Crippen LogP) is 4.47.